The molecule has 0 aliphatic carbocycles. The molecule has 100 valence electrons. The molecule has 0 bridgehead atoms. The summed E-state index contributed by atoms with van der Waals surface area (Å²) >= 11 is 6.16. The van der Waals surface area contributed by atoms with Crippen molar-refractivity contribution in [2.45, 2.75) is 20.0 Å². The van der Waals surface area contributed by atoms with E-state index in [0.29, 0.717) is 6.54 Å². The molecule has 2 rings (SSSR count). The summed E-state index contributed by atoms with van der Waals surface area (Å²) < 4.78 is 5.98. The first-order chi connectivity index (χ1) is 9.11. The van der Waals surface area contributed by atoms with Crippen LogP contribution in [0.15, 0.2) is 42.5 Å². The van der Waals surface area contributed by atoms with E-state index >= 15 is 0 Å². The lowest BCUT2D eigenvalue weighted by Crippen LogP contribution is -2.18. The number of hydrogen-bond donors (Lipinski definition) is 1. The molecule has 19 heavy (non-hydrogen) atoms. The van der Waals surface area contributed by atoms with Crippen LogP contribution >= 0.6 is 11.6 Å². The molecule has 0 fully saturated rings. The van der Waals surface area contributed by atoms with Gasteiger partial charge in [0.25, 0.3) is 0 Å². The van der Waals surface area contributed by atoms with Gasteiger partial charge in [0.05, 0.1) is 0 Å². The Labute approximate surface area is 119 Å². The number of rotatable bonds is 4. The topological polar surface area (TPSA) is 35.2 Å². The molecule has 0 radical (unpaired) electrons. The van der Waals surface area contributed by atoms with Crippen LogP contribution in [0.25, 0.3) is 0 Å². The Morgan fingerprint density at radius 1 is 1.11 bits per heavy atom. The summed E-state index contributed by atoms with van der Waals surface area (Å²) in [5, 5.41) is 0.788. The van der Waals surface area contributed by atoms with Gasteiger partial charge in [-0.3, -0.25) is 0 Å². The predicted molar refractivity (Wildman–Crippen MR) is 79.8 cm³/mol. The van der Waals surface area contributed by atoms with Gasteiger partial charge in [-0.25, -0.2) is 0 Å². The summed E-state index contributed by atoms with van der Waals surface area (Å²) in [7, 11) is 0. The van der Waals surface area contributed by atoms with E-state index in [9.17, 15) is 0 Å². The molecule has 0 aliphatic rings. The van der Waals surface area contributed by atoms with Gasteiger partial charge in [0.1, 0.15) is 11.9 Å². The average Bonchev–Trinajstić information content (AvgIpc) is 2.43. The molecule has 0 saturated carbocycles. The summed E-state index contributed by atoms with van der Waals surface area (Å²) in [6, 6.07) is 13.9. The first-order valence-electron chi connectivity index (χ1n) is 6.30. The largest absolute Gasteiger partial charge is 0.484 e. The highest BCUT2D eigenvalue weighted by molar-refractivity contribution is 6.32. The van der Waals surface area contributed by atoms with E-state index in [4.69, 9.17) is 22.1 Å². The Morgan fingerprint density at radius 2 is 1.68 bits per heavy atom. The standard InChI is InChI=1S/C16H18ClNO/c1-11-8-14(9-12(2)16(11)17)19-15(10-18)13-6-4-3-5-7-13/h3-9,15H,10,18H2,1-2H3. The first kappa shape index (κ1) is 13.9. The summed E-state index contributed by atoms with van der Waals surface area (Å²) in [6.07, 6.45) is -0.138. The lowest BCUT2D eigenvalue weighted by Gasteiger charge is -2.19. The Bertz CT molecular complexity index is 531. The molecule has 1 unspecified atom stereocenters. The van der Waals surface area contributed by atoms with Crippen LogP contribution in [-0.4, -0.2) is 6.54 Å². The van der Waals surface area contributed by atoms with Gasteiger partial charge in [-0.15, -0.1) is 0 Å². The van der Waals surface area contributed by atoms with Crippen LogP contribution in [0.5, 0.6) is 5.75 Å². The van der Waals surface area contributed by atoms with Crippen LogP contribution in [-0.2, 0) is 0 Å². The van der Waals surface area contributed by atoms with Crippen molar-refractivity contribution in [1.29, 1.82) is 0 Å². The van der Waals surface area contributed by atoms with E-state index in [2.05, 4.69) is 0 Å². The van der Waals surface area contributed by atoms with Crippen molar-refractivity contribution < 1.29 is 4.74 Å². The molecule has 0 saturated heterocycles. The smallest absolute Gasteiger partial charge is 0.136 e. The second-order valence-electron chi connectivity index (χ2n) is 4.62. The van der Waals surface area contributed by atoms with Crippen molar-refractivity contribution in [3.05, 3.63) is 64.2 Å². The number of halogens is 1. The van der Waals surface area contributed by atoms with Gasteiger partial charge in [-0.1, -0.05) is 41.9 Å². The minimum Gasteiger partial charge on any atom is -0.484 e. The third-order valence-corrected chi connectivity index (χ3v) is 3.67. The zero-order valence-corrected chi connectivity index (χ0v) is 11.9. The van der Waals surface area contributed by atoms with Crippen molar-refractivity contribution in [1.82, 2.24) is 0 Å². The van der Waals surface area contributed by atoms with E-state index in [1.165, 1.54) is 0 Å². The zero-order valence-electron chi connectivity index (χ0n) is 11.2. The summed E-state index contributed by atoms with van der Waals surface area (Å²) in [6.45, 7) is 4.38. The Morgan fingerprint density at radius 3 is 2.21 bits per heavy atom. The number of aryl methyl sites for hydroxylation is 2. The molecule has 2 aromatic rings. The molecule has 3 heteroatoms. The minimum atomic E-state index is -0.138. The van der Waals surface area contributed by atoms with E-state index in [-0.39, 0.29) is 6.10 Å². The lowest BCUT2D eigenvalue weighted by atomic mass is 10.1. The maximum absolute atomic E-state index is 6.16. The van der Waals surface area contributed by atoms with Gasteiger partial charge in [0.2, 0.25) is 0 Å². The summed E-state index contributed by atoms with van der Waals surface area (Å²) in [5.74, 6) is 0.804. The molecule has 1 atom stereocenters. The third-order valence-electron chi connectivity index (χ3n) is 3.07. The molecule has 2 aromatic carbocycles. The molecule has 2 nitrogen and oxygen atoms in total. The highest BCUT2D eigenvalue weighted by atomic mass is 35.5. The quantitative estimate of drug-likeness (QED) is 0.914. The Hall–Kier alpha value is -1.51. The predicted octanol–water partition coefficient (Wildman–Crippen LogP) is 4.04. The van der Waals surface area contributed by atoms with Crippen LogP contribution in [0, 0.1) is 13.8 Å². The van der Waals surface area contributed by atoms with E-state index in [0.717, 1.165) is 27.5 Å². The fourth-order valence-electron chi connectivity index (χ4n) is 2.06. The van der Waals surface area contributed by atoms with Gasteiger partial charge in [0.15, 0.2) is 0 Å². The molecule has 2 N–H and O–H groups in total. The van der Waals surface area contributed by atoms with Crippen LogP contribution in [0.1, 0.15) is 22.8 Å². The fraction of sp³-hybridized carbons (Fsp3) is 0.250. The van der Waals surface area contributed by atoms with Crippen molar-refractivity contribution >= 4 is 11.6 Å². The van der Waals surface area contributed by atoms with Crippen LogP contribution in [0.3, 0.4) is 0 Å². The van der Waals surface area contributed by atoms with Gasteiger partial charge in [-0.2, -0.15) is 0 Å². The number of ether oxygens (including phenoxy) is 1. The number of nitrogens with two attached hydrogens (primary N) is 1. The van der Waals surface area contributed by atoms with Crippen molar-refractivity contribution in [3.63, 3.8) is 0 Å². The molecular weight excluding hydrogens is 258 g/mol. The number of hydrogen-bond acceptors (Lipinski definition) is 2. The minimum absolute atomic E-state index is 0.138. The van der Waals surface area contributed by atoms with Crippen LogP contribution in [0.2, 0.25) is 5.02 Å². The van der Waals surface area contributed by atoms with Gasteiger partial charge >= 0.3 is 0 Å². The maximum atomic E-state index is 6.16. The highest BCUT2D eigenvalue weighted by Crippen LogP contribution is 2.28. The first-order valence-corrected chi connectivity index (χ1v) is 6.68. The summed E-state index contributed by atoms with van der Waals surface area (Å²) in [5.41, 5.74) is 8.92. The van der Waals surface area contributed by atoms with Gasteiger partial charge < -0.3 is 10.5 Å². The summed E-state index contributed by atoms with van der Waals surface area (Å²) in [4.78, 5) is 0. The lowest BCUT2D eigenvalue weighted by molar-refractivity contribution is 0.214. The van der Waals surface area contributed by atoms with Crippen molar-refractivity contribution in [2.24, 2.45) is 5.73 Å². The average molecular weight is 276 g/mol. The molecule has 0 amide bonds. The monoisotopic (exact) mass is 275 g/mol. The van der Waals surface area contributed by atoms with Crippen molar-refractivity contribution in [3.8, 4) is 5.75 Å². The van der Waals surface area contributed by atoms with Crippen LogP contribution in [0.4, 0.5) is 0 Å². The SMILES string of the molecule is Cc1cc(OC(CN)c2ccccc2)cc(C)c1Cl. The third kappa shape index (κ3) is 3.28. The fourth-order valence-corrected chi connectivity index (χ4v) is 2.17. The Kier molecular flexibility index (Phi) is 4.46. The van der Waals surface area contributed by atoms with Gasteiger partial charge in [0, 0.05) is 11.6 Å². The van der Waals surface area contributed by atoms with E-state index in [1.807, 2.05) is 56.3 Å². The molecule has 0 spiro atoms. The highest BCUT2D eigenvalue weighted by Gasteiger charge is 2.12. The molecule has 0 heterocycles. The van der Waals surface area contributed by atoms with Gasteiger partial charge in [-0.05, 0) is 42.7 Å². The molecule has 0 aliphatic heterocycles. The van der Waals surface area contributed by atoms with Crippen LogP contribution < -0.4 is 10.5 Å². The normalized spacial score (nSPS) is 12.2. The van der Waals surface area contributed by atoms with E-state index in [1.54, 1.807) is 0 Å². The molecular formula is C16H18ClNO. The van der Waals surface area contributed by atoms with E-state index < -0.39 is 0 Å². The Balaban J connectivity index is 2.24. The maximum Gasteiger partial charge on any atom is 0.136 e. The molecule has 0 aromatic heterocycles. The second-order valence-corrected chi connectivity index (χ2v) is 5.00. The number of benzene rings is 2. The second kappa shape index (κ2) is 6.09. The van der Waals surface area contributed by atoms with Crippen molar-refractivity contribution in [2.75, 3.05) is 6.54 Å². The zero-order chi connectivity index (χ0) is 13.8.